The van der Waals surface area contributed by atoms with E-state index in [0.717, 1.165) is 25.7 Å². The molecule has 2 heteroatoms. The van der Waals surface area contributed by atoms with E-state index in [4.69, 9.17) is 0 Å². The first-order chi connectivity index (χ1) is 9.24. The highest BCUT2D eigenvalue weighted by Gasteiger charge is 2.27. The molecule has 19 heavy (non-hydrogen) atoms. The summed E-state index contributed by atoms with van der Waals surface area (Å²) in [6.07, 6.45) is 4.72. The Hall–Kier alpha value is -1.12. The Morgan fingerprint density at radius 3 is 2.58 bits per heavy atom. The van der Waals surface area contributed by atoms with Crippen LogP contribution in [0.4, 0.5) is 0 Å². The van der Waals surface area contributed by atoms with Gasteiger partial charge in [0.1, 0.15) is 0 Å². The fraction of sp³-hybridized carbons (Fsp3) is 0.529. The van der Waals surface area contributed by atoms with Crippen molar-refractivity contribution in [2.45, 2.75) is 38.3 Å². The summed E-state index contributed by atoms with van der Waals surface area (Å²) in [7, 11) is 2.01. The molecule has 0 heterocycles. The molecule has 1 atom stereocenters. The summed E-state index contributed by atoms with van der Waals surface area (Å²) in [6, 6.07) is 9.90. The van der Waals surface area contributed by atoms with Gasteiger partial charge < -0.3 is 5.32 Å². The van der Waals surface area contributed by atoms with E-state index in [0.29, 0.717) is 5.92 Å². The molecule has 2 rings (SSSR count). The van der Waals surface area contributed by atoms with E-state index >= 15 is 0 Å². The largest absolute Gasteiger partial charge is 0.319 e. The summed E-state index contributed by atoms with van der Waals surface area (Å²) in [6.45, 7) is 9.21. The van der Waals surface area contributed by atoms with Gasteiger partial charge in [-0.1, -0.05) is 37.3 Å². The maximum atomic E-state index is 3.86. The molecule has 1 aliphatic rings. The minimum absolute atomic E-state index is 0.576. The first-order valence-electron chi connectivity index (χ1n) is 7.33. The van der Waals surface area contributed by atoms with Gasteiger partial charge in [0.2, 0.25) is 0 Å². The molecule has 0 amide bonds. The molecule has 0 bridgehead atoms. The zero-order chi connectivity index (χ0) is 13.7. The fourth-order valence-corrected chi connectivity index (χ4v) is 2.56. The highest BCUT2D eigenvalue weighted by atomic mass is 15.2. The second-order valence-corrected chi connectivity index (χ2v) is 5.65. The topological polar surface area (TPSA) is 15.3 Å². The van der Waals surface area contributed by atoms with Gasteiger partial charge >= 0.3 is 0 Å². The third-order valence-corrected chi connectivity index (χ3v) is 3.87. The van der Waals surface area contributed by atoms with Crippen LogP contribution in [0.2, 0.25) is 0 Å². The average Bonchev–Trinajstić information content (AvgIpc) is 3.24. The third-order valence-electron chi connectivity index (χ3n) is 3.87. The number of hydrogen-bond acceptors (Lipinski definition) is 2. The van der Waals surface area contributed by atoms with Crippen molar-refractivity contribution < 1.29 is 0 Å². The monoisotopic (exact) mass is 258 g/mol. The number of rotatable bonds is 8. The van der Waals surface area contributed by atoms with Crippen molar-refractivity contribution in [1.29, 1.82) is 0 Å². The summed E-state index contributed by atoms with van der Waals surface area (Å²) in [5.74, 6) is 0.576. The maximum absolute atomic E-state index is 3.86. The highest BCUT2D eigenvalue weighted by Crippen LogP contribution is 2.28. The van der Waals surface area contributed by atoms with Crippen molar-refractivity contribution in [3.63, 3.8) is 0 Å². The molecule has 1 N–H and O–H groups in total. The third kappa shape index (κ3) is 4.19. The standard InChI is InChI=1S/C17H26N2/c1-4-11-19(17-9-10-17)13-15-5-7-16(8-6-15)14(2)12-18-3/h4-8,14,17-18H,1,9-13H2,2-3H3. The number of likely N-dealkylation sites (N-methyl/N-ethyl adjacent to an activating group) is 1. The lowest BCUT2D eigenvalue weighted by molar-refractivity contribution is 0.284. The van der Waals surface area contributed by atoms with Crippen molar-refractivity contribution in [2.75, 3.05) is 20.1 Å². The normalized spacial score (nSPS) is 16.6. The van der Waals surface area contributed by atoms with Crippen LogP contribution < -0.4 is 5.32 Å². The van der Waals surface area contributed by atoms with E-state index in [-0.39, 0.29) is 0 Å². The molecule has 104 valence electrons. The van der Waals surface area contributed by atoms with Crippen LogP contribution in [0.3, 0.4) is 0 Å². The van der Waals surface area contributed by atoms with E-state index in [9.17, 15) is 0 Å². The molecular formula is C17H26N2. The molecule has 1 aromatic rings. The summed E-state index contributed by atoms with van der Waals surface area (Å²) < 4.78 is 0. The second kappa shape index (κ2) is 6.88. The summed E-state index contributed by atoms with van der Waals surface area (Å²) in [5, 5.41) is 3.23. The molecule has 2 nitrogen and oxygen atoms in total. The van der Waals surface area contributed by atoms with E-state index < -0.39 is 0 Å². The van der Waals surface area contributed by atoms with Gasteiger partial charge in [0.05, 0.1) is 0 Å². The summed E-state index contributed by atoms with van der Waals surface area (Å²) in [4.78, 5) is 2.53. The smallest absolute Gasteiger partial charge is 0.0239 e. The van der Waals surface area contributed by atoms with Gasteiger partial charge in [-0.2, -0.15) is 0 Å². The molecule has 1 fully saturated rings. The van der Waals surface area contributed by atoms with Crippen LogP contribution in [-0.2, 0) is 6.54 Å². The number of nitrogens with zero attached hydrogens (tertiary/aromatic N) is 1. The molecule has 1 saturated carbocycles. The van der Waals surface area contributed by atoms with Crippen LogP contribution in [0.15, 0.2) is 36.9 Å². The van der Waals surface area contributed by atoms with E-state index in [1.165, 1.54) is 24.0 Å². The van der Waals surface area contributed by atoms with Crippen molar-refractivity contribution in [2.24, 2.45) is 0 Å². The van der Waals surface area contributed by atoms with Gasteiger partial charge in [-0.25, -0.2) is 0 Å². The van der Waals surface area contributed by atoms with Crippen LogP contribution in [0.5, 0.6) is 0 Å². The Morgan fingerprint density at radius 1 is 1.37 bits per heavy atom. The lowest BCUT2D eigenvalue weighted by Crippen LogP contribution is -2.25. The molecule has 0 aliphatic heterocycles. The van der Waals surface area contributed by atoms with Crippen LogP contribution in [-0.4, -0.2) is 31.1 Å². The molecule has 0 aromatic heterocycles. The Kier molecular flexibility index (Phi) is 5.17. The predicted molar refractivity (Wildman–Crippen MR) is 82.4 cm³/mol. The van der Waals surface area contributed by atoms with Crippen LogP contribution in [0.1, 0.15) is 36.8 Å². The minimum Gasteiger partial charge on any atom is -0.319 e. The van der Waals surface area contributed by atoms with E-state index in [1.54, 1.807) is 0 Å². The van der Waals surface area contributed by atoms with Crippen LogP contribution in [0.25, 0.3) is 0 Å². The molecule has 1 aromatic carbocycles. The van der Waals surface area contributed by atoms with Gasteiger partial charge in [-0.3, -0.25) is 4.90 Å². The van der Waals surface area contributed by atoms with Gasteiger partial charge in [0.25, 0.3) is 0 Å². The first-order valence-corrected chi connectivity index (χ1v) is 7.33. The molecule has 1 aliphatic carbocycles. The van der Waals surface area contributed by atoms with E-state index in [2.05, 4.69) is 48.0 Å². The quantitative estimate of drug-likeness (QED) is 0.721. The second-order valence-electron chi connectivity index (χ2n) is 5.65. The SMILES string of the molecule is C=CCN(Cc1ccc(C(C)CNC)cc1)C1CC1. The predicted octanol–water partition coefficient (Wildman–Crippen LogP) is 3.16. The number of nitrogens with one attached hydrogen (secondary N) is 1. The Morgan fingerprint density at radius 2 is 2.05 bits per heavy atom. The fourth-order valence-electron chi connectivity index (χ4n) is 2.56. The van der Waals surface area contributed by atoms with Gasteiger partial charge in [0.15, 0.2) is 0 Å². The number of benzene rings is 1. The molecule has 0 spiro atoms. The first kappa shape index (κ1) is 14.3. The zero-order valence-corrected chi connectivity index (χ0v) is 12.2. The number of hydrogen-bond donors (Lipinski definition) is 1. The van der Waals surface area contributed by atoms with Gasteiger partial charge in [-0.15, -0.1) is 6.58 Å². The van der Waals surface area contributed by atoms with Crippen molar-refractivity contribution in [3.05, 3.63) is 48.0 Å². The molecular weight excluding hydrogens is 232 g/mol. The summed E-state index contributed by atoms with van der Waals surface area (Å²) in [5.41, 5.74) is 2.83. The molecule has 0 radical (unpaired) electrons. The van der Waals surface area contributed by atoms with Crippen molar-refractivity contribution in [3.8, 4) is 0 Å². The van der Waals surface area contributed by atoms with Gasteiger partial charge in [0, 0.05) is 25.7 Å². The van der Waals surface area contributed by atoms with Crippen LogP contribution in [0, 0.1) is 0 Å². The molecule has 1 unspecified atom stereocenters. The zero-order valence-electron chi connectivity index (χ0n) is 12.2. The maximum Gasteiger partial charge on any atom is 0.0239 e. The highest BCUT2D eigenvalue weighted by molar-refractivity contribution is 5.25. The van der Waals surface area contributed by atoms with Gasteiger partial charge in [-0.05, 0) is 36.9 Å². The van der Waals surface area contributed by atoms with Crippen molar-refractivity contribution in [1.82, 2.24) is 10.2 Å². The Balaban J connectivity index is 1.95. The summed E-state index contributed by atoms with van der Waals surface area (Å²) >= 11 is 0. The average molecular weight is 258 g/mol. The lowest BCUT2D eigenvalue weighted by Gasteiger charge is -2.20. The van der Waals surface area contributed by atoms with E-state index in [1.807, 2.05) is 13.1 Å². The Labute approximate surface area is 117 Å². The Bertz CT molecular complexity index is 392. The minimum atomic E-state index is 0.576. The van der Waals surface area contributed by atoms with Crippen molar-refractivity contribution >= 4 is 0 Å². The molecule has 0 saturated heterocycles. The lowest BCUT2D eigenvalue weighted by atomic mass is 10.00. The van der Waals surface area contributed by atoms with Crippen LogP contribution >= 0.6 is 0 Å².